The molecule has 2 rings (SSSR count). The first-order valence-electron chi connectivity index (χ1n) is 9.83. The summed E-state index contributed by atoms with van der Waals surface area (Å²) in [4.78, 5) is 27.0. The minimum absolute atomic E-state index is 0.154. The van der Waals surface area contributed by atoms with E-state index >= 15 is 0 Å². The van der Waals surface area contributed by atoms with Crippen LogP contribution in [-0.2, 0) is 16.1 Å². The van der Waals surface area contributed by atoms with Crippen LogP contribution < -0.4 is 10.1 Å². The van der Waals surface area contributed by atoms with E-state index in [4.69, 9.17) is 16.3 Å². The van der Waals surface area contributed by atoms with Gasteiger partial charge < -0.3 is 15.0 Å². The zero-order valence-corrected chi connectivity index (χ0v) is 18.3. The molecule has 1 N–H and O–H groups in total. The number of halogens is 1. The van der Waals surface area contributed by atoms with Crippen LogP contribution in [0.25, 0.3) is 0 Å². The van der Waals surface area contributed by atoms with Crippen LogP contribution in [0.15, 0.2) is 42.5 Å². The molecule has 29 heavy (non-hydrogen) atoms. The molecule has 0 heterocycles. The maximum Gasteiger partial charge on any atom is 0.261 e. The van der Waals surface area contributed by atoms with Gasteiger partial charge in [0, 0.05) is 18.1 Å². The fraction of sp³-hybridized carbons (Fsp3) is 0.391. The SMILES string of the molecule is CCCNC(=O)C(C)N(Cc1ccccc1Cl)C(=O)COc1cc(C)cc(C)c1. The van der Waals surface area contributed by atoms with Gasteiger partial charge in [-0.05, 0) is 62.1 Å². The van der Waals surface area contributed by atoms with Crippen molar-refractivity contribution in [3.8, 4) is 5.75 Å². The summed E-state index contributed by atoms with van der Waals surface area (Å²) < 4.78 is 5.73. The predicted molar refractivity (Wildman–Crippen MR) is 116 cm³/mol. The summed E-state index contributed by atoms with van der Waals surface area (Å²) in [6.45, 7) is 8.30. The molecule has 156 valence electrons. The second-order valence-corrected chi connectivity index (χ2v) is 7.60. The van der Waals surface area contributed by atoms with Crippen LogP contribution in [0, 0.1) is 13.8 Å². The number of nitrogens with zero attached hydrogens (tertiary/aromatic N) is 1. The fourth-order valence-corrected chi connectivity index (χ4v) is 3.23. The molecule has 0 aliphatic heterocycles. The first kappa shape index (κ1) is 22.8. The summed E-state index contributed by atoms with van der Waals surface area (Å²) in [6, 6.07) is 12.5. The number of ether oxygens (including phenoxy) is 1. The minimum atomic E-state index is -0.645. The molecule has 2 aromatic rings. The van der Waals surface area contributed by atoms with Crippen LogP contribution >= 0.6 is 11.6 Å². The second kappa shape index (κ2) is 10.9. The molecular formula is C23H29ClN2O3. The zero-order valence-electron chi connectivity index (χ0n) is 17.5. The van der Waals surface area contributed by atoms with Crippen molar-refractivity contribution >= 4 is 23.4 Å². The number of amides is 2. The number of aryl methyl sites for hydroxylation is 2. The Morgan fingerprint density at radius 3 is 2.41 bits per heavy atom. The molecule has 0 saturated heterocycles. The summed E-state index contributed by atoms with van der Waals surface area (Å²) >= 11 is 6.28. The Hall–Kier alpha value is -2.53. The van der Waals surface area contributed by atoms with Crippen molar-refractivity contribution in [2.45, 2.75) is 46.7 Å². The Morgan fingerprint density at radius 1 is 1.14 bits per heavy atom. The van der Waals surface area contributed by atoms with Crippen molar-refractivity contribution in [2.75, 3.05) is 13.2 Å². The van der Waals surface area contributed by atoms with Gasteiger partial charge in [0.15, 0.2) is 6.61 Å². The Bertz CT molecular complexity index is 834. The van der Waals surface area contributed by atoms with Gasteiger partial charge in [-0.15, -0.1) is 0 Å². The van der Waals surface area contributed by atoms with E-state index in [0.29, 0.717) is 17.3 Å². The zero-order chi connectivity index (χ0) is 21.4. The van der Waals surface area contributed by atoms with E-state index in [1.165, 1.54) is 4.90 Å². The van der Waals surface area contributed by atoms with E-state index in [-0.39, 0.29) is 25.0 Å². The molecule has 6 heteroatoms. The highest BCUT2D eigenvalue weighted by Crippen LogP contribution is 2.20. The van der Waals surface area contributed by atoms with Crippen molar-refractivity contribution in [1.82, 2.24) is 10.2 Å². The van der Waals surface area contributed by atoms with Crippen LogP contribution in [-0.4, -0.2) is 35.9 Å². The Balaban J connectivity index is 2.17. The van der Waals surface area contributed by atoms with Crippen LogP contribution in [0.4, 0.5) is 0 Å². The van der Waals surface area contributed by atoms with Gasteiger partial charge in [0.25, 0.3) is 5.91 Å². The monoisotopic (exact) mass is 416 g/mol. The Morgan fingerprint density at radius 2 is 1.79 bits per heavy atom. The number of benzene rings is 2. The van der Waals surface area contributed by atoms with E-state index in [1.807, 2.05) is 57.2 Å². The number of carbonyl (C=O) groups excluding carboxylic acids is 2. The normalized spacial score (nSPS) is 11.6. The van der Waals surface area contributed by atoms with Gasteiger partial charge in [-0.2, -0.15) is 0 Å². The highest BCUT2D eigenvalue weighted by molar-refractivity contribution is 6.31. The molecule has 0 aliphatic rings. The van der Waals surface area contributed by atoms with Gasteiger partial charge >= 0.3 is 0 Å². The standard InChI is InChI=1S/C23H29ClN2O3/c1-5-10-25-23(28)18(4)26(14-19-8-6-7-9-21(19)24)22(27)15-29-20-12-16(2)11-17(3)13-20/h6-9,11-13,18H,5,10,14-15H2,1-4H3,(H,25,28). The van der Waals surface area contributed by atoms with Crippen molar-refractivity contribution in [3.63, 3.8) is 0 Å². The van der Waals surface area contributed by atoms with Gasteiger partial charge in [0.2, 0.25) is 5.91 Å². The highest BCUT2D eigenvalue weighted by Gasteiger charge is 2.26. The molecule has 2 amide bonds. The van der Waals surface area contributed by atoms with Gasteiger partial charge in [0.1, 0.15) is 11.8 Å². The lowest BCUT2D eigenvalue weighted by Crippen LogP contribution is -2.49. The first-order chi connectivity index (χ1) is 13.8. The summed E-state index contributed by atoms with van der Waals surface area (Å²) in [7, 11) is 0. The lowest BCUT2D eigenvalue weighted by Gasteiger charge is -2.29. The molecule has 1 unspecified atom stereocenters. The average molecular weight is 417 g/mol. The predicted octanol–water partition coefficient (Wildman–Crippen LogP) is 4.28. The fourth-order valence-electron chi connectivity index (χ4n) is 3.03. The number of hydrogen-bond donors (Lipinski definition) is 1. The maximum absolute atomic E-state index is 13.0. The number of carbonyl (C=O) groups is 2. The molecular weight excluding hydrogens is 388 g/mol. The second-order valence-electron chi connectivity index (χ2n) is 7.19. The third-order valence-corrected chi connectivity index (χ3v) is 4.94. The first-order valence-corrected chi connectivity index (χ1v) is 10.2. The van der Waals surface area contributed by atoms with Crippen LogP contribution in [0.1, 0.15) is 37.0 Å². The van der Waals surface area contributed by atoms with Crippen LogP contribution in [0.2, 0.25) is 5.02 Å². The van der Waals surface area contributed by atoms with E-state index in [9.17, 15) is 9.59 Å². The Kier molecular flexibility index (Phi) is 8.52. The molecule has 0 fully saturated rings. The van der Waals surface area contributed by atoms with Crippen molar-refractivity contribution in [1.29, 1.82) is 0 Å². The third kappa shape index (κ3) is 6.79. The van der Waals surface area contributed by atoms with Gasteiger partial charge in [0.05, 0.1) is 0 Å². The summed E-state index contributed by atoms with van der Waals surface area (Å²) in [5.74, 6) is 0.165. The van der Waals surface area contributed by atoms with E-state index in [2.05, 4.69) is 5.32 Å². The summed E-state index contributed by atoms with van der Waals surface area (Å²) in [5, 5.41) is 3.41. The van der Waals surface area contributed by atoms with E-state index in [1.54, 1.807) is 13.0 Å². The van der Waals surface area contributed by atoms with Gasteiger partial charge in [-0.25, -0.2) is 0 Å². The van der Waals surface area contributed by atoms with Crippen molar-refractivity contribution in [3.05, 3.63) is 64.2 Å². The van der Waals surface area contributed by atoms with Crippen molar-refractivity contribution in [2.24, 2.45) is 0 Å². The molecule has 0 aromatic heterocycles. The number of hydrogen-bond acceptors (Lipinski definition) is 3. The quantitative estimate of drug-likeness (QED) is 0.663. The summed E-state index contributed by atoms with van der Waals surface area (Å²) in [6.07, 6.45) is 0.826. The smallest absolute Gasteiger partial charge is 0.261 e. The van der Waals surface area contributed by atoms with Crippen LogP contribution in [0.3, 0.4) is 0 Å². The molecule has 0 bridgehead atoms. The molecule has 0 radical (unpaired) electrons. The molecule has 0 saturated carbocycles. The third-order valence-electron chi connectivity index (χ3n) is 4.57. The molecule has 1 atom stereocenters. The van der Waals surface area contributed by atoms with Gasteiger partial charge in [-0.1, -0.05) is 42.8 Å². The van der Waals surface area contributed by atoms with Crippen molar-refractivity contribution < 1.29 is 14.3 Å². The minimum Gasteiger partial charge on any atom is -0.484 e. The average Bonchev–Trinajstić information content (AvgIpc) is 2.68. The lowest BCUT2D eigenvalue weighted by atomic mass is 10.1. The maximum atomic E-state index is 13.0. The largest absolute Gasteiger partial charge is 0.484 e. The Labute approximate surface area is 178 Å². The number of nitrogens with one attached hydrogen (secondary N) is 1. The molecule has 5 nitrogen and oxygen atoms in total. The lowest BCUT2D eigenvalue weighted by molar-refractivity contribution is -0.142. The van der Waals surface area contributed by atoms with Crippen LogP contribution in [0.5, 0.6) is 5.75 Å². The van der Waals surface area contributed by atoms with E-state index < -0.39 is 6.04 Å². The molecule has 0 spiro atoms. The van der Waals surface area contributed by atoms with Gasteiger partial charge in [-0.3, -0.25) is 9.59 Å². The topological polar surface area (TPSA) is 58.6 Å². The van der Waals surface area contributed by atoms with E-state index in [0.717, 1.165) is 23.1 Å². The number of rotatable bonds is 9. The molecule has 2 aromatic carbocycles. The highest BCUT2D eigenvalue weighted by atomic mass is 35.5. The summed E-state index contributed by atoms with van der Waals surface area (Å²) in [5.41, 5.74) is 2.91. The molecule has 0 aliphatic carbocycles.